The minimum Gasteiger partial charge on any atom is -0.504 e. The first-order valence-electron chi connectivity index (χ1n) is 3.60. The van der Waals surface area contributed by atoms with Crippen molar-refractivity contribution in [2.24, 2.45) is 0 Å². The highest BCUT2D eigenvalue weighted by Gasteiger charge is 2.06. The molecule has 1 aromatic carbocycles. The average molecular weight is 166 g/mol. The number of benzene rings is 1. The fourth-order valence-corrected chi connectivity index (χ4v) is 0.989. The first-order chi connectivity index (χ1) is 5.61. The molecule has 0 aromatic heterocycles. The van der Waals surface area contributed by atoms with Crippen LogP contribution in [0.2, 0.25) is 0 Å². The zero-order valence-corrected chi connectivity index (χ0v) is 6.74. The summed E-state index contributed by atoms with van der Waals surface area (Å²) >= 11 is 0. The van der Waals surface area contributed by atoms with Gasteiger partial charge >= 0.3 is 0 Å². The molecule has 0 spiro atoms. The highest BCUT2D eigenvalue weighted by molar-refractivity contribution is 5.79. The van der Waals surface area contributed by atoms with Gasteiger partial charge in [0.2, 0.25) is 0 Å². The number of carbonyl (C=O) groups excluding carboxylic acids is 1. The summed E-state index contributed by atoms with van der Waals surface area (Å²) in [5.41, 5.74) is 0.461. The summed E-state index contributed by atoms with van der Waals surface area (Å²) in [5.74, 6) is -0.433. The molecule has 3 heteroatoms. The molecule has 1 aromatic rings. The molecule has 0 aliphatic carbocycles. The van der Waals surface area contributed by atoms with E-state index in [0.717, 1.165) is 0 Å². The molecule has 0 amide bonds. The van der Waals surface area contributed by atoms with Crippen molar-refractivity contribution < 1.29 is 15.0 Å². The van der Waals surface area contributed by atoms with Gasteiger partial charge in [0, 0.05) is 12.0 Å². The van der Waals surface area contributed by atoms with E-state index in [9.17, 15) is 9.90 Å². The lowest BCUT2D eigenvalue weighted by atomic mass is 10.1. The zero-order chi connectivity index (χ0) is 9.14. The molecular weight excluding hydrogens is 156 g/mol. The fraction of sp³-hybridized carbons (Fsp3) is 0.222. The Morgan fingerprint density at radius 3 is 2.67 bits per heavy atom. The molecule has 0 atom stereocenters. The van der Waals surface area contributed by atoms with Gasteiger partial charge in [0.1, 0.15) is 5.78 Å². The third-order valence-corrected chi connectivity index (χ3v) is 1.54. The first kappa shape index (κ1) is 8.59. The van der Waals surface area contributed by atoms with Gasteiger partial charge in [0.25, 0.3) is 0 Å². The van der Waals surface area contributed by atoms with Gasteiger partial charge in [0.15, 0.2) is 11.5 Å². The van der Waals surface area contributed by atoms with Crippen LogP contribution < -0.4 is 0 Å². The Labute approximate surface area is 70.3 Å². The van der Waals surface area contributed by atoms with E-state index < -0.39 is 0 Å². The summed E-state index contributed by atoms with van der Waals surface area (Å²) < 4.78 is 0. The van der Waals surface area contributed by atoms with Gasteiger partial charge in [-0.1, -0.05) is 12.1 Å². The smallest absolute Gasteiger partial charge is 0.161 e. The Balaban J connectivity index is 3.00. The molecule has 0 aliphatic rings. The van der Waals surface area contributed by atoms with E-state index in [1.54, 1.807) is 12.1 Å². The van der Waals surface area contributed by atoms with Gasteiger partial charge in [0.05, 0.1) is 0 Å². The van der Waals surface area contributed by atoms with E-state index in [1.165, 1.54) is 13.0 Å². The highest BCUT2D eigenvalue weighted by Crippen LogP contribution is 2.28. The van der Waals surface area contributed by atoms with Crippen molar-refractivity contribution in [2.45, 2.75) is 13.3 Å². The van der Waals surface area contributed by atoms with Crippen LogP contribution in [0, 0.1) is 0 Å². The summed E-state index contributed by atoms with van der Waals surface area (Å²) in [6.07, 6.45) is 0.153. The fourth-order valence-electron chi connectivity index (χ4n) is 0.989. The molecule has 0 aliphatic heterocycles. The van der Waals surface area contributed by atoms with Crippen LogP contribution in [0.4, 0.5) is 0 Å². The summed E-state index contributed by atoms with van der Waals surface area (Å²) in [7, 11) is 0. The lowest BCUT2D eigenvalue weighted by Crippen LogP contribution is -1.96. The quantitative estimate of drug-likeness (QED) is 0.649. The second-order valence-corrected chi connectivity index (χ2v) is 2.66. The molecule has 3 nitrogen and oxygen atoms in total. The number of hydrogen-bond donors (Lipinski definition) is 2. The van der Waals surface area contributed by atoms with Crippen molar-refractivity contribution in [3.8, 4) is 11.5 Å². The Morgan fingerprint density at radius 1 is 1.42 bits per heavy atom. The van der Waals surface area contributed by atoms with Crippen molar-refractivity contribution in [2.75, 3.05) is 0 Å². The topological polar surface area (TPSA) is 57.5 Å². The van der Waals surface area contributed by atoms with Crippen LogP contribution in [0.15, 0.2) is 18.2 Å². The summed E-state index contributed by atoms with van der Waals surface area (Å²) in [6, 6.07) is 4.57. The molecule has 0 saturated heterocycles. The first-order valence-corrected chi connectivity index (χ1v) is 3.60. The maximum absolute atomic E-state index is 10.7. The van der Waals surface area contributed by atoms with Crippen molar-refractivity contribution in [3.05, 3.63) is 23.8 Å². The third-order valence-electron chi connectivity index (χ3n) is 1.54. The van der Waals surface area contributed by atoms with Gasteiger partial charge in [-0.2, -0.15) is 0 Å². The van der Waals surface area contributed by atoms with Gasteiger partial charge < -0.3 is 10.2 Å². The molecule has 0 saturated carbocycles. The Bertz CT molecular complexity index is 305. The highest BCUT2D eigenvalue weighted by atomic mass is 16.3. The minimum atomic E-state index is -0.201. The predicted octanol–water partition coefficient (Wildman–Crippen LogP) is 1.23. The van der Waals surface area contributed by atoms with Crippen molar-refractivity contribution >= 4 is 5.78 Å². The maximum Gasteiger partial charge on any atom is 0.161 e. The predicted molar refractivity (Wildman–Crippen MR) is 44.2 cm³/mol. The van der Waals surface area contributed by atoms with Crippen molar-refractivity contribution in [1.29, 1.82) is 0 Å². The number of Topliss-reactive ketones (excluding diaryl/α,β-unsaturated/α-hetero) is 1. The molecule has 0 bridgehead atoms. The van der Waals surface area contributed by atoms with Crippen LogP contribution in [0.3, 0.4) is 0 Å². The molecule has 0 radical (unpaired) electrons. The standard InChI is InChI=1S/C9H10O3/c1-6(10)5-7-3-2-4-8(11)9(7)12/h2-4,11-12H,5H2,1H3. The summed E-state index contributed by atoms with van der Waals surface area (Å²) in [6.45, 7) is 1.43. The van der Waals surface area contributed by atoms with E-state index in [4.69, 9.17) is 5.11 Å². The Hall–Kier alpha value is -1.51. The van der Waals surface area contributed by atoms with Gasteiger partial charge in [-0.15, -0.1) is 0 Å². The SMILES string of the molecule is CC(=O)Cc1cccc(O)c1O. The van der Waals surface area contributed by atoms with Crippen LogP contribution in [-0.2, 0) is 11.2 Å². The number of rotatable bonds is 2. The molecule has 0 unspecified atom stereocenters. The zero-order valence-electron chi connectivity index (χ0n) is 6.74. The van der Waals surface area contributed by atoms with Crippen molar-refractivity contribution in [3.63, 3.8) is 0 Å². The van der Waals surface area contributed by atoms with Gasteiger partial charge in [-0.05, 0) is 13.0 Å². The lowest BCUT2D eigenvalue weighted by molar-refractivity contribution is -0.116. The van der Waals surface area contributed by atoms with E-state index in [2.05, 4.69) is 0 Å². The lowest BCUT2D eigenvalue weighted by Gasteiger charge is -2.02. The number of ketones is 1. The number of phenols is 2. The maximum atomic E-state index is 10.7. The molecule has 0 heterocycles. The van der Waals surface area contributed by atoms with E-state index in [-0.39, 0.29) is 23.7 Å². The normalized spacial score (nSPS) is 9.75. The average Bonchev–Trinajstić information content (AvgIpc) is 1.98. The number of carbonyl (C=O) groups is 1. The third kappa shape index (κ3) is 1.75. The van der Waals surface area contributed by atoms with Gasteiger partial charge in [-0.3, -0.25) is 4.79 Å². The number of para-hydroxylation sites is 1. The van der Waals surface area contributed by atoms with E-state index in [0.29, 0.717) is 5.56 Å². The Kier molecular flexibility index (Phi) is 2.33. The number of aromatic hydroxyl groups is 2. The Morgan fingerprint density at radius 2 is 2.08 bits per heavy atom. The second-order valence-electron chi connectivity index (χ2n) is 2.66. The van der Waals surface area contributed by atoms with E-state index >= 15 is 0 Å². The molecular formula is C9H10O3. The van der Waals surface area contributed by atoms with Crippen molar-refractivity contribution in [1.82, 2.24) is 0 Å². The number of hydrogen-bond acceptors (Lipinski definition) is 3. The van der Waals surface area contributed by atoms with Crippen LogP contribution in [0.5, 0.6) is 11.5 Å². The second kappa shape index (κ2) is 3.26. The largest absolute Gasteiger partial charge is 0.504 e. The van der Waals surface area contributed by atoms with Crippen LogP contribution in [0.25, 0.3) is 0 Å². The summed E-state index contributed by atoms with van der Waals surface area (Å²) in [4.78, 5) is 10.7. The molecule has 12 heavy (non-hydrogen) atoms. The molecule has 0 fully saturated rings. The summed E-state index contributed by atoms with van der Waals surface area (Å²) in [5, 5.41) is 18.3. The number of phenolic OH excluding ortho intramolecular Hbond substituents is 2. The van der Waals surface area contributed by atoms with Crippen LogP contribution in [0.1, 0.15) is 12.5 Å². The van der Waals surface area contributed by atoms with E-state index in [1.807, 2.05) is 0 Å². The minimum absolute atomic E-state index is 0.0455. The van der Waals surface area contributed by atoms with Crippen LogP contribution >= 0.6 is 0 Å². The van der Waals surface area contributed by atoms with Crippen LogP contribution in [-0.4, -0.2) is 16.0 Å². The molecule has 64 valence electrons. The molecule has 2 N–H and O–H groups in total. The monoisotopic (exact) mass is 166 g/mol. The van der Waals surface area contributed by atoms with Gasteiger partial charge in [-0.25, -0.2) is 0 Å². The molecule has 1 rings (SSSR count).